The Labute approximate surface area is 97.4 Å². The summed E-state index contributed by atoms with van der Waals surface area (Å²) >= 11 is 1.61. The summed E-state index contributed by atoms with van der Waals surface area (Å²) < 4.78 is 1.58. The Balaban J connectivity index is 2.34. The number of hydrogen-bond acceptors (Lipinski definition) is 4. The number of nitrogens with two attached hydrogens (primary N) is 1. The summed E-state index contributed by atoms with van der Waals surface area (Å²) in [6, 6.07) is 3.38. The van der Waals surface area contributed by atoms with Crippen LogP contribution in [0.25, 0.3) is 0 Å². The minimum absolute atomic E-state index is 0.159. The van der Waals surface area contributed by atoms with Crippen LogP contribution in [0.4, 0.5) is 5.69 Å². The molecular formula is C11H13N3OS. The SMILES string of the molecule is Cc1nc(Cn2cccc(N)c2=O)sc1C. The molecule has 2 aromatic rings. The maximum absolute atomic E-state index is 11.7. The second-order valence-electron chi connectivity index (χ2n) is 3.65. The van der Waals surface area contributed by atoms with Crippen molar-refractivity contribution in [1.29, 1.82) is 0 Å². The van der Waals surface area contributed by atoms with Crippen LogP contribution in [0, 0.1) is 13.8 Å². The summed E-state index contributed by atoms with van der Waals surface area (Å²) in [6.07, 6.45) is 1.73. The van der Waals surface area contributed by atoms with Crippen molar-refractivity contribution in [3.05, 3.63) is 44.3 Å². The fourth-order valence-corrected chi connectivity index (χ4v) is 2.37. The van der Waals surface area contributed by atoms with E-state index in [2.05, 4.69) is 4.98 Å². The average molecular weight is 235 g/mol. The maximum Gasteiger partial charge on any atom is 0.274 e. The van der Waals surface area contributed by atoms with Crippen LogP contribution in [0.15, 0.2) is 23.1 Å². The topological polar surface area (TPSA) is 60.9 Å². The number of aromatic nitrogens is 2. The molecule has 0 saturated heterocycles. The van der Waals surface area contributed by atoms with E-state index in [1.165, 1.54) is 4.88 Å². The molecule has 0 aliphatic carbocycles. The second-order valence-corrected chi connectivity index (χ2v) is 4.93. The van der Waals surface area contributed by atoms with Gasteiger partial charge in [-0.15, -0.1) is 11.3 Å². The van der Waals surface area contributed by atoms with Crippen molar-refractivity contribution in [2.75, 3.05) is 5.73 Å². The van der Waals surface area contributed by atoms with Gasteiger partial charge in [0.2, 0.25) is 0 Å². The van der Waals surface area contributed by atoms with Gasteiger partial charge in [-0.25, -0.2) is 4.98 Å². The van der Waals surface area contributed by atoms with Crippen molar-refractivity contribution >= 4 is 17.0 Å². The van der Waals surface area contributed by atoms with E-state index < -0.39 is 0 Å². The third-order valence-corrected chi connectivity index (χ3v) is 3.49. The van der Waals surface area contributed by atoms with E-state index in [-0.39, 0.29) is 11.2 Å². The predicted molar refractivity (Wildman–Crippen MR) is 65.8 cm³/mol. The first-order valence-corrected chi connectivity index (χ1v) is 5.77. The van der Waals surface area contributed by atoms with Crippen LogP contribution in [-0.4, -0.2) is 9.55 Å². The van der Waals surface area contributed by atoms with Crippen LogP contribution in [0.5, 0.6) is 0 Å². The van der Waals surface area contributed by atoms with Gasteiger partial charge in [-0.1, -0.05) is 0 Å². The van der Waals surface area contributed by atoms with Crippen molar-refractivity contribution < 1.29 is 0 Å². The standard InChI is InChI=1S/C11H13N3OS/c1-7-8(2)16-10(13-7)6-14-5-3-4-9(12)11(14)15/h3-5H,6,12H2,1-2H3. The van der Waals surface area contributed by atoms with E-state index in [9.17, 15) is 4.79 Å². The zero-order valence-corrected chi connectivity index (χ0v) is 10.0. The minimum Gasteiger partial charge on any atom is -0.394 e. The highest BCUT2D eigenvalue weighted by atomic mass is 32.1. The monoisotopic (exact) mass is 235 g/mol. The highest BCUT2D eigenvalue weighted by molar-refractivity contribution is 7.11. The fourth-order valence-electron chi connectivity index (χ4n) is 1.43. The van der Waals surface area contributed by atoms with Gasteiger partial charge in [0.25, 0.3) is 5.56 Å². The van der Waals surface area contributed by atoms with Crippen LogP contribution in [0.1, 0.15) is 15.6 Å². The molecule has 0 aliphatic rings. The first kappa shape index (κ1) is 10.9. The van der Waals surface area contributed by atoms with Gasteiger partial charge in [-0.05, 0) is 26.0 Å². The third-order valence-electron chi connectivity index (χ3n) is 2.43. The summed E-state index contributed by atoms with van der Waals surface area (Å²) in [5.74, 6) is 0. The lowest BCUT2D eigenvalue weighted by Crippen LogP contribution is -2.22. The molecule has 0 aliphatic heterocycles. The molecule has 0 unspecified atom stereocenters. The smallest absolute Gasteiger partial charge is 0.274 e. The third kappa shape index (κ3) is 1.99. The van der Waals surface area contributed by atoms with Gasteiger partial charge in [0.15, 0.2) is 0 Å². The van der Waals surface area contributed by atoms with Crippen molar-refractivity contribution in [2.45, 2.75) is 20.4 Å². The second kappa shape index (κ2) is 4.09. The van der Waals surface area contributed by atoms with Gasteiger partial charge in [-0.2, -0.15) is 0 Å². The fraction of sp³-hybridized carbons (Fsp3) is 0.273. The summed E-state index contributed by atoms with van der Waals surface area (Å²) in [5, 5.41) is 0.933. The number of pyridine rings is 1. The molecule has 0 saturated carbocycles. The Morgan fingerprint density at radius 2 is 2.25 bits per heavy atom. The first-order valence-electron chi connectivity index (χ1n) is 4.96. The molecule has 5 heteroatoms. The molecule has 2 aromatic heterocycles. The van der Waals surface area contributed by atoms with Crippen molar-refractivity contribution in [3.63, 3.8) is 0 Å². The molecule has 0 aromatic carbocycles. The lowest BCUT2D eigenvalue weighted by atomic mass is 10.4. The zero-order valence-electron chi connectivity index (χ0n) is 9.23. The molecule has 4 nitrogen and oxygen atoms in total. The summed E-state index contributed by atoms with van der Waals surface area (Å²) in [6.45, 7) is 4.49. The number of rotatable bonds is 2. The van der Waals surface area contributed by atoms with Crippen LogP contribution in [0.2, 0.25) is 0 Å². The molecule has 0 radical (unpaired) electrons. The van der Waals surface area contributed by atoms with Crippen LogP contribution < -0.4 is 11.3 Å². The van der Waals surface area contributed by atoms with Crippen LogP contribution >= 0.6 is 11.3 Å². The number of anilines is 1. The van der Waals surface area contributed by atoms with E-state index >= 15 is 0 Å². The molecule has 16 heavy (non-hydrogen) atoms. The molecule has 2 N–H and O–H groups in total. The van der Waals surface area contributed by atoms with Gasteiger partial charge < -0.3 is 10.3 Å². The largest absolute Gasteiger partial charge is 0.394 e. The van der Waals surface area contributed by atoms with Gasteiger partial charge in [0.1, 0.15) is 5.01 Å². The van der Waals surface area contributed by atoms with E-state index in [4.69, 9.17) is 5.73 Å². The molecule has 0 fully saturated rings. The molecule has 84 valence electrons. The molecule has 2 heterocycles. The molecule has 0 amide bonds. The average Bonchev–Trinajstić information content (AvgIpc) is 2.54. The summed E-state index contributed by atoms with van der Waals surface area (Å²) in [4.78, 5) is 17.3. The molecule has 0 atom stereocenters. The number of nitrogens with zero attached hydrogens (tertiary/aromatic N) is 2. The van der Waals surface area contributed by atoms with Gasteiger partial charge in [0, 0.05) is 11.1 Å². The van der Waals surface area contributed by atoms with Crippen molar-refractivity contribution in [1.82, 2.24) is 9.55 Å². The Bertz CT molecular complexity index is 551. The summed E-state index contributed by atoms with van der Waals surface area (Å²) in [5.41, 5.74) is 6.70. The van der Waals surface area contributed by atoms with Crippen molar-refractivity contribution in [2.24, 2.45) is 0 Å². The molecule has 0 bridgehead atoms. The quantitative estimate of drug-likeness (QED) is 0.859. The lowest BCUT2D eigenvalue weighted by Gasteiger charge is -2.02. The summed E-state index contributed by atoms with van der Waals surface area (Å²) in [7, 11) is 0. The Hall–Kier alpha value is -1.62. The zero-order chi connectivity index (χ0) is 11.7. The normalized spacial score (nSPS) is 10.6. The van der Waals surface area contributed by atoms with Crippen LogP contribution in [0.3, 0.4) is 0 Å². The van der Waals surface area contributed by atoms with Gasteiger partial charge >= 0.3 is 0 Å². The predicted octanol–water partition coefficient (Wildman–Crippen LogP) is 1.55. The van der Waals surface area contributed by atoms with E-state index in [0.29, 0.717) is 6.54 Å². The maximum atomic E-state index is 11.7. The van der Waals surface area contributed by atoms with Gasteiger partial charge in [0.05, 0.1) is 17.9 Å². The van der Waals surface area contributed by atoms with Crippen molar-refractivity contribution in [3.8, 4) is 0 Å². The molecule has 2 rings (SSSR count). The van der Waals surface area contributed by atoms with Crippen LogP contribution in [-0.2, 0) is 6.54 Å². The lowest BCUT2D eigenvalue weighted by molar-refractivity contribution is 0.755. The molecular weight excluding hydrogens is 222 g/mol. The molecule has 0 spiro atoms. The van der Waals surface area contributed by atoms with E-state index in [0.717, 1.165) is 10.7 Å². The number of nitrogen functional groups attached to an aromatic ring is 1. The number of aryl methyl sites for hydroxylation is 2. The van der Waals surface area contributed by atoms with E-state index in [1.807, 2.05) is 13.8 Å². The number of hydrogen-bond donors (Lipinski definition) is 1. The minimum atomic E-state index is -0.159. The Morgan fingerprint density at radius 3 is 2.88 bits per heavy atom. The Kier molecular flexibility index (Phi) is 2.78. The highest BCUT2D eigenvalue weighted by Gasteiger charge is 2.06. The van der Waals surface area contributed by atoms with E-state index in [1.54, 1.807) is 34.2 Å². The highest BCUT2D eigenvalue weighted by Crippen LogP contribution is 2.16. The van der Waals surface area contributed by atoms with Gasteiger partial charge in [-0.3, -0.25) is 4.79 Å². The first-order chi connectivity index (χ1) is 7.58. The number of thiazole rings is 1. The Morgan fingerprint density at radius 1 is 1.50 bits per heavy atom.